The van der Waals surface area contributed by atoms with E-state index in [1.807, 2.05) is 4.90 Å². The van der Waals surface area contributed by atoms with E-state index in [0.29, 0.717) is 18.3 Å². The minimum Gasteiger partial charge on any atom is -0.338 e. The van der Waals surface area contributed by atoms with E-state index in [1.54, 1.807) is 11.8 Å². The van der Waals surface area contributed by atoms with Gasteiger partial charge in [-0.25, -0.2) is 0 Å². The Labute approximate surface area is 115 Å². The first-order valence-electron chi connectivity index (χ1n) is 7.02. The summed E-state index contributed by atoms with van der Waals surface area (Å²) in [4.78, 5) is 16.4. The van der Waals surface area contributed by atoms with Crippen molar-refractivity contribution in [2.24, 2.45) is 5.73 Å². The molecule has 0 bridgehead atoms. The van der Waals surface area contributed by atoms with Crippen molar-refractivity contribution < 1.29 is 4.79 Å². The lowest BCUT2D eigenvalue weighted by atomic mass is 10.2. The number of amides is 1. The Kier molecular flexibility index (Phi) is 7.70. The van der Waals surface area contributed by atoms with Gasteiger partial charge in [0.1, 0.15) is 0 Å². The molecular weight excluding hydrogens is 246 g/mol. The smallest absolute Gasteiger partial charge is 0.232 e. The molecule has 0 spiro atoms. The maximum absolute atomic E-state index is 12.0. The van der Waals surface area contributed by atoms with Gasteiger partial charge in [0.2, 0.25) is 5.91 Å². The van der Waals surface area contributed by atoms with Gasteiger partial charge < -0.3 is 15.5 Å². The van der Waals surface area contributed by atoms with E-state index in [4.69, 9.17) is 5.73 Å². The Morgan fingerprint density at radius 3 is 2.78 bits per heavy atom. The van der Waals surface area contributed by atoms with E-state index in [2.05, 4.69) is 18.7 Å². The fraction of sp³-hybridized carbons (Fsp3) is 0.923. The lowest BCUT2D eigenvalue weighted by Crippen LogP contribution is -2.41. The van der Waals surface area contributed by atoms with Crippen molar-refractivity contribution >= 4 is 17.7 Å². The third kappa shape index (κ3) is 4.78. The first kappa shape index (κ1) is 15.8. The summed E-state index contributed by atoms with van der Waals surface area (Å²) in [5, 5.41) is 0. The second-order valence-electron chi connectivity index (χ2n) is 4.70. The molecule has 18 heavy (non-hydrogen) atoms. The second-order valence-corrected chi connectivity index (χ2v) is 5.80. The SMILES string of the molecule is CCN(CC)CCSCC(=O)N1CCCC1CN. The molecule has 0 aromatic carbocycles. The van der Waals surface area contributed by atoms with Gasteiger partial charge in [0.15, 0.2) is 0 Å². The number of nitrogens with zero attached hydrogens (tertiary/aromatic N) is 2. The molecule has 0 aromatic rings. The van der Waals surface area contributed by atoms with E-state index in [9.17, 15) is 4.79 Å². The van der Waals surface area contributed by atoms with Crippen LogP contribution < -0.4 is 5.73 Å². The van der Waals surface area contributed by atoms with Gasteiger partial charge in [-0.2, -0.15) is 11.8 Å². The Balaban J connectivity index is 2.17. The summed E-state index contributed by atoms with van der Waals surface area (Å²) in [6.45, 7) is 9.11. The lowest BCUT2D eigenvalue weighted by Gasteiger charge is -2.23. The summed E-state index contributed by atoms with van der Waals surface area (Å²) in [6.07, 6.45) is 2.18. The molecule has 4 nitrogen and oxygen atoms in total. The normalized spacial score (nSPS) is 19.8. The van der Waals surface area contributed by atoms with Gasteiger partial charge >= 0.3 is 0 Å². The van der Waals surface area contributed by atoms with Gasteiger partial charge in [0.25, 0.3) is 0 Å². The maximum Gasteiger partial charge on any atom is 0.232 e. The summed E-state index contributed by atoms with van der Waals surface area (Å²) < 4.78 is 0. The molecule has 1 saturated heterocycles. The number of rotatable bonds is 8. The highest BCUT2D eigenvalue weighted by Crippen LogP contribution is 2.17. The molecule has 1 aliphatic rings. The molecule has 106 valence electrons. The van der Waals surface area contributed by atoms with Crippen molar-refractivity contribution in [3.05, 3.63) is 0 Å². The highest BCUT2D eigenvalue weighted by atomic mass is 32.2. The standard InChI is InChI=1S/C13H27N3OS/c1-3-15(4-2)8-9-18-11-13(17)16-7-5-6-12(16)10-14/h12H,3-11,14H2,1-2H3. The molecule has 1 aliphatic heterocycles. The Bertz CT molecular complexity index is 246. The molecule has 0 aromatic heterocycles. The average molecular weight is 273 g/mol. The van der Waals surface area contributed by atoms with Gasteiger partial charge in [-0.1, -0.05) is 13.8 Å². The molecule has 0 aliphatic carbocycles. The number of thioether (sulfide) groups is 1. The minimum atomic E-state index is 0.271. The first-order chi connectivity index (χ1) is 8.72. The minimum absolute atomic E-state index is 0.271. The predicted molar refractivity (Wildman–Crippen MR) is 78.9 cm³/mol. The van der Waals surface area contributed by atoms with Gasteiger partial charge in [0.05, 0.1) is 5.75 Å². The summed E-state index contributed by atoms with van der Waals surface area (Å²) in [6, 6.07) is 0.292. The molecule has 1 fully saturated rings. The van der Waals surface area contributed by atoms with Gasteiger partial charge in [0, 0.05) is 31.4 Å². The molecular formula is C13H27N3OS. The fourth-order valence-corrected chi connectivity index (χ4v) is 3.26. The van der Waals surface area contributed by atoms with E-state index >= 15 is 0 Å². The van der Waals surface area contributed by atoms with Crippen LogP contribution in [0.25, 0.3) is 0 Å². The molecule has 1 rings (SSSR count). The number of carbonyl (C=O) groups is 1. The monoisotopic (exact) mass is 273 g/mol. The third-order valence-electron chi connectivity index (χ3n) is 3.64. The van der Waals surface area contributed by atoms with Crippen molar-refractivity contribution in [2.75, 3.05) is 44.2 Å². The van der Waals surface area contributed by atoms with Crippen LogP contribution in [-0.4, -0.2) is 66.0 Å². The number of likely N-dealkylation sites (tertiary alicyclic amines) is 1. The average Bonchev–Trinajstić information content (AvgIpc) is 2.87. The van der Waals surface area contributed by atoms with E-state index in [0.717, 1.165) is 44.8 Å². The largest absolute Gasteiger partial charge is 0.338 e. The number of hydrogen-bond acceptors (Lipinski definition) is 4. The molecule has 0 radical (unpaired) electrons. The highest BCUT2D eigenvalue weighted by molar-refractivity contribution is 7.99. The van der Waals surface area contributed by atoms with Crippen LogP contribution in [-0.2, 0) is 4.79 Å². The maximum atomic E-state index is 12.0. The van der Waals surface area contributed by atoms with Crippen molar-refractivity contribution in [1.29, 1.82) is 0 Å². The van der Waals surface area contributed by atoms with Crippen LogP contribution in [0.15, 0.2) is 0 Å². The van der Waals surface area contributed by atoms with Crippen LogP contribution in [0.3, 0.4) is 0 Å². The molecule has 0 saturated carbocycles. The van der Waals surface area contributed by atoms with Crippen LogP contribution >= 0.6 is 11.8 Å². The van der Waals surface area contributed by atoms with Crippen LogP contribution in [0.5, 0.6) is 0 Å². The molecule has 1 unspecified atom stereocenters. The van der Waals surface area contributed by atoms with Gasteiger partial charge in [-0.3, -0.25) is 4.79 Å². The fourth-order valence-electron chi connectivity index (χ4n) is 2.38. The van der Waals surface area contributed by atoms with Crippen LogP contribution in [0.2, 0.25) is 0 Å². The third-order valence-corrected chi connectivity index (χ3v) is 4.56. The van der Waals surface area contributed by atoms with E-state index < -0.39 is 0 Å². The molecule has 5 heteroatoms. The van der Waals surface area contributed by atoms with Crippen molar-refractivity contribution in [2.45, 2.75) is 32.7 Å². The van der Waals surface area contributed by atoms with Crippen LogP contribution in [0.1, 0.15) is 26.7 Å². The Morgan fingerprint density at radius 1 is 1.44 bits per heavy atom. The van der Waals surface area contributed by atoms with Crippen molar-refractivity contribution in [1.82, 2.24) is 9.80 Å². The number of hydrogen-bond donors (Lipinski definition) is 1. The first-order valence-corrected chi connectivity index (χ1v) is 8.18. The second kappa shape index (κ2) is 8.77. The zero-order valence-corrected chi connectivity index (χ0v) is 12.5. The quantitative estimate of drug-likeness (QED) is 0.671. The number of carbonyl (C=O) groups excluding carboxylic acids is 1. The predicted octanol–water partition coefficient (Wildman–Crippen LogP) is 1.01. The molecule has 1 heterocycles. The zero-order valence-electron chi connectivity index (χ0n) is 11.7. The summed E-state index contributed by atoms with van der Waals surface area (Å²) in [5.74, 6) is 1.92. The zero-order chi connectivity index (χ0) is 13.4. The van der Waals surface area contributed by atoms with Crippen LogP contribution in [0, 0.1) is 0 Å². The Morgan fingerprint density at radius 2 is 2.17 bits per heavy atom. The lowest BCUT2D eigenvalue weighted by molar-refractivity contribution is -0.128. The number of nitrogens with two attached hydrogens (primary N) is 1. The van der Waals surface area contributed by atoms with Crippen molar-refractivity contribution in [3.63, 3.8) is 0 Å². The van der Waals surface area contributed by atoms with Crippen LogP contribution in [0.4, 0.5) is 0 Å². The topological polar surface area (TPSA) is 49.6 Å². The van der Waals surface area contributed by atoms with E-state index in [-0.39, 0.29) is 5.91 Å². The summed E-state index contributed by atoms with van der Waals surface area (Å²) in [5.41, 5.74) is 5.69. The van der Waals surface area contributed by atoms with E-state index in [1.165, 1.54) is 0 Å². The molecule has 1 atom stereocenters. The highest BCUT2D eigenvalue weighted by Gasteiger charge is 2.26. The summed E-state index contributed by atoms with van der Waals surface area (Å²) in [7, 11) is 0. The molecule has 1 amide bonds. The van der Waals surface area contributed by atoms with Crippen molar-refractivity contribution in [3.8, 4) is 0 Å². The van der Waals surface area contributed by atoms with Gasteiger partial charge in [-0.15, -0.1) is 0 Å². The Hall–Kier alpha value is -0.260. The summed E-state index contributed by atoms with van der Waals surface area (Å²) >= 11 is 1.75. The van der Waals surface area contributed by atoms with Gasteiger partial charge in [-0.05, 0) is 25.9 Å². The molecule has 2 N–H and O–H groups in total.